The molecule has 0 unspecified atom stereocenters. The van der Waals surface area contributed by atoms with E-state index in [1.807, 2.05) is 19.1 Å². The molecular weight excluding hydrogens is 472 g/mol. The van der Waals surface area contributed by atoms with Crippen LogP contribution in [0.15, 0.2) is 47.6 Å². The molecule has 0 radical (unpaired) electrons. The van der Waals surface area contributed by atoms with Crippen molar-refractivity contribution in [3.8, 4) is 0 Å². The molecule has 1 aliphatic rings. The third-order valence-corrected chi connectivity index (χ3v) is 6.21. The van der Waals surface area contributed by atoms with Crippen molar-refractivity contribution in [2.75, 3.05) is 13.2 Å². The van der Waals surface area contributed by atoms with E-state index < -0.39 is 55.0 Å². The van der Waals surface area contributed by atoms with Crippen LogP contribution in [0.5, 0.6) is 0 Å². The number of ether oxygens (including phenoxy) is 2. The van der Waals surface area contributed by atoms with Crippen LogP contribution in [0.25, 0.3) is 0 Å². The van der Waals surface area contributed by atoms with Crippen LogP contribution in [0.1, 0.15) is 52.9 Å². The molecule has 1 saturated heterocycles. The third-order valence-electron chi connectivity index (χ3n) is 6.21. The lowest BCUT2D eigenvalue weighted by Crippen LogP contribution is -2.60. The Hall–Kier alpha value is -1.89. The van der Waals surface area contributed by atoms with Gasteiger partial charge in [-0.25, -0.2) is 4.79 Å². The summed E-state index contributed by atoms with van der Waals surface area (Å²) in [5.41, 5.74) is 0.837. The molecule has 206 valence electrons. The average molecular weight is 515 g/mol. The maximum atomic E-state index is 10.8. The van der Waals surface area contributed by atoms with Crippen LogP contribution in [0.3, 0.4) is 0 Å². The zero-order valence-corrected chi connectivity index (χ0v) is 21.3. The van der Waals surface area contributed by atoms with Gasteiger partial charge in [-0.2, -0.15) is 0 Å². The Morgan fingerprint density at radius 1 is 1.11 bits per heavy atom. The van der Waals surface area contributed by atoms with Crippen LogP contribution in [0.4, 0.5) is 0 Å². The number of hydrogen-bond acceptors (Lipinski definition) is 9. The summed E-state index contributed by atoms with van der Waals surface area (Å²) in [6.07, 6.45) is 1.39. The second-order valence-corrected chi connectivity index (χ2v) is 9.41. The molecule has 0 aromatic rings. The second kappa shape index (κ2) is 15.4. The van der Waals surface area contributed by atoms with Gasteiger partial charge in [0.1, 0.15) is 24.4 Å². The monoisotopic (exact) mass is 514 g/mol. The molecule has 0 aromatic carbocycles. The first-order valence-corrected chi connectivity index (χ1v) is 12.0. The highest BCUT2D eigenvalue weighted by Gasteiger charge is 2.45. The molecule has 7 atom stereocenters. The number of carboxylic acid groups (broad SMARTS) is 1. The summed E-state index contributed by atoms with van der Waals surface area (Å²) in [6.45, 7) is 8.10. The molecule has 0 aliphatic carbocycles. The zero-order valence-electron chi connectivity index (χ0n) is 21.3. The van der Waals surface area contributed by atoms with Crippen LogP contribution in [-0.2, 0) is 14.3 Å². The van der Waals surface area contributed by atoms with Gasteiger partial charge >= 0.3 is 5.97 Å². The molecule has 7 N–H and O–H groups in total. The van der Waals surface area contributed by atoms with Crippen LogP contribution < -0.4 is 0 Å². The highest BCUT2D eigenvalue weighted by atomic mass is 16.7. The number of aliphatic hydroxyl groups is 6. The van der Waals surface area contributed by atoms with Crippen LogP contribution >= 0.6 is 0 Å². The fourth-order valence-electron chi connectivity index (χ4n) is 3.78. The molecule has 1 rings (SSSR count). The summed E-state index contributed by atoms with van der Waals surface area (Å²) < 4.78 is 11.3. The molecule has 1 heterocycles. The lowest BCUT2D eigenvalue weighted by molar-refractivity contribution is -0.319. The smallest absolute Gasteiger partial charge is 0.331 e. The third kappa shape index (κ3) is 10.2. The Morgan fingerprint density at radius 3 is 2.33 bits per heavy atom. The van der Waals surface area contributed by atoms with Crippen molar-refractivity contribution in [3.63, 3.8) is 0 Å². The average Bonchev–Trinajstić information content (AvgIpc) is 2.83. The number of allylic oxidation sites excluding steroid dienone is 2. The zero-order chi connectivity index (χ0) is 27.5. The van der Waals surface area contributed by atoms with Crippen molar-refractivity contribution < 1.29 is 50.0 Å². The van der Waals surface area contributed by atoms with Gasteiger partial charge in [0.15, 0.2) is 6.29 Å². The van der Waals surface area contributed by atoms with E-state index in [-0.39, 0.29) is 12.2 Å². The standard InChI is InChI=1S/C26H42O10/c1-5-26(4,36-25-23(32)22(31)21(30)20(15-28)35-25)11-7-10-18(14-27)9-6-8-16(2)12-19(29)13-17(3)24(33)34/h5,8,10,13,19-23,25,27-32H,1,6-7,9,11-12,14-15H2,2-4H3,(H,33,34)/b16-8+,17-13+,18-10-/t19-,20-,21-,22+,23-,25+,26-/m1/s1. The summed E-state index contributed by atoms with van der Waals surface area (Å²) in [5.74, 6) is -1.07. The van der Waals surface area contributed by atoms with Gasteiger partial charge in [-0.3, -0.25) is 0 Å². The fraction of sp³-hybridized carbons (Fsp3) is 0.654. The molecule has 1 fully saturated rings. The van der Waals surface area contributed by atoms with Crippen molar-refractivity contribution in [1.82, 2.24) is 0 Å². The predicted octanol–water partition coefficient (Wildman–Crippen LogP) is 0.955. The largest absolute Gasteiger partial charge is 0.478 e. The van der Waals surface area contributed by atoms with Crippen LogP contribution in [0, 0.1) is 0 Å². The minimum Gasteiger partial charge on any atom is -0.478 e. The van der Waals surface area contributed by atoms with Gasteiger partial charge < -0.3 is 45.2 Å². The number of hydrogen-bond donors (Lipinski definition) is 7. The summed E-state index contributed by atoms with van der Waals surface area (Å²) in [7, 11) is 0. The van der Waals surface area contributed by atoms with Crippen molar-refractivity contribution in [1.29, 1.82) is 0 Å². The maximum Gasteiger partial charge on any atom is 0.331 e. The molecule has 0 saturated carbocycles. The molecule has 0 aromatic heterocycles. The van der Waals surface area contributed by atoms with Gasteiger partial charge in [0.05, 0.1) is 24.9 Å². The summed E-state index contributed by atoms with van der Waals surface area (Å²) in [6, 6.07) is 0. The predicted molar refractivity (Wildman–Crippen MR) is 133 cm³/mol. The first-order chi connectivity index (χ1) is 16.9. The van der Waals surface area contributed by atoms with Crippen molar-refractivity contribution in [3.05, 3.63) is 47.6 Å². The first kappa shape index (κ1) is 32.1. The van der Waals surface area contributed by atoms with Crippen molar-refractivity contribution in [2.45, 2.75) is 95.3 Å². The quantitative estimate of drug-likeness (QED) is 0.123. The molecule has 0 amide bonds. The van der Waals surface area contributed by atoms with Gasteiger partial charge in [-0.05, 0) is 64.5 Å². The van der Waals surface area contributed by atoms with Gasteiger partial charge in [-0.15, -0.1) is 6.58 Å². The summed E-state index contributed by atoms with van der Waals surface area (Å²) >= 11 is 0. The Morgan fingerprint density at radius 2 is 1.78 bits per heavy atom. The molecule has 1 aliphatic heterocycles. The molecule has 10 heteroatoms. The van der Waals surface area contributed by atoms with Crippen LogP contribution in [-0.4, -0.2) is 97.3 Å². The number of carboxylic acids is 1. The highest BCUT2D eigenvalue weighted by Crippen LogP contribution is 2.29. The Kier molecular flexibility index (Phi) is 13.7. The number of aliphatic carboxylic acids is 1. The van der Waals surface area contributed by atoms with Crippen molar-refractivity contribution >= 4 is 5.97 Å². The van der Waals surface area contributed by atoms with Gasteiger partial charge in [0.2, 0.25) is 0 Å². The SMILES string of the molecule is C=C[C@](C)(CC/C=C(\CO)CC/C=C(\C)C[C@@H](O)/C=C(\C)C(=O)O)O[C@@H]1O[C@H](CO)[C@@H](O)[C@H](O)[C@H]1O. The highest BCUT2D eigenvalue weighted by molar-refractivity contribution is 5.85. The normalized spacial score (nSPS) is 28.5. The Labute approximate surface area is 212 Å². The van der Waals surface area contributed by atoms with Gasteiger partial charge in [0, 0.05) is 5.57 Å². The molecule has 10 nitrogen and oxygen atoms in total. The minimum atomic E-state index is -1.54. The van der Waals surface area contributed by atoms with Crippen LogP contribution in [0.2, 0.25) is 0 Å². The lowest BCUT2D eigenvalue weighted by atomic mass is 9.96. The Bertz CT molecular complexity index is 803. The topological polar surface area (TPSA) is 177 Å². The summed E-state index contributed by atoms with van der Waals surface area (Å²) in [5, 5.41) is 68.0. The number of aliphatic hydroxyl groups excluding tert-OH is 6. The molecule has 36 heavy (non-hydrogen) atoms. The van der Waals surface area contributed by atoms with E-state index >= 15 is 0 Å². The van der Waals surface area contributed by atoms with Crippen molar-refractivity contribution in [2.24, 2.45) is 0 Å². The molecule has 0 bridgehead atoms. The summed E-state index contributed by atoms with van der Waals surface area (Å²) in [4.78, 5) is 10.8. The Balaban J connectivity index is 2.65. The van der Waals surface area contributed by atoms with E-state index in [9.17, 15) is 35.4 Å². The van der Waals surface area contributed by atoms with E-state index in [4.69, 9.17) is 14.6 Å². The van der Waals surface area contributed by atoms with E-state index in [1.165, 1.54) is 13.0 Å². The van der Waals surface area contributed by atoms with Gasteiger partial charge in [-0.1, -0.05) is 23.8 Å². The van der Waals surface area contributed by atoms with E-state index in [0.717, 1.165) is 11.1 Å². The first-order valence-electron chi connectivity index (χ1n) is 12.0. The maximum absolute atomic E-state index is 10.8. The second-order valence-electron chi connectivity index (χ2n) is 9.41. The van der Waals surface area contributed by atoms with Gasteiger partial charge in [0.25, 0.3) is 0 Å². The minimum absolute atomic E-state index is 0.0860. The number of carbonyl (C=O) groups is 1. The number of rotatable bonds is 15. The molecule has 0 spiro atoms. The van der Waals surface area contributed by atoms with E-state index in [1.54, 1.807) is 13.0 Å². The fourth-order valence-corrected chi connectivity index (χ4v) is 3.78. The van der Waals surface area contributed by atoms with E-state index in [2.05, 4.69) is 6.58 Å². The molecular formula is C26H42O10. The lowest BCUT2D eigenvalue weighted by Gasteiger charge is -2.42. The van der Waals surface area contributed by atoms with E-state index in [0.29, 0.717) is 32.1 Å².